The number of fused-ring (bicyclic) bond motifs is 1. The number of rotatable bonds is 10. The van der Waals surface area contributed by atoms with Gasteiger partial charge in [0.15, 0.2) is 0 Å². The fourth-order valence-electron chi connectivity index (χ4n) is 5.90. The van der Waals surface area contributed by atoms with Crippen LogP contribution in [0.2, 0.25) is 0 Å². The molecule has 2 amide bonds. The molecule has 8 nitrogen and oxygen atoms in total. The first-order valence-corrected chi connectivity index (χ1v) is 11.9. The first-order valence-electron chi connectivity index (χ1n) is 11.9. The molecule has 3 saturated heterocycles. The van der Waals surface area contributed by atoms with E-state index >= 15 is 0 Å². The summed E-state index contributed by atoms with van der Waals surface area (Å²) in [6, 6.07) is -1.54. The van der Waals surface area contributed by atoms with Crippen LogP contribution in [0, 0.1) is 17.8 Å². The van der Waals surface area contributed by atoms with E-state index in [4.69, 9.17) is 9.47 Å². The maximum atomic E-state index is 14.0. The third kappa shape index (κ3) is 3.65. The zero-order chi connectivity index (χ0) is 23.8. The lowest BCUT2D eigenvalue weighted by atomic mass is 9.70. The number of ether oxygens (including phenoxy) is 2. The highest BCUT2D eigenvalue weighted by Gasteiger charge is 2.75. The van der Waals surface area contributed by atoms with E-state index in [2.05, 4.69) is 6.58 Å². The summed E-state index contributed by atoms with van der Waals surface area (Å²) in [6.07, 6.45) is 3.10. The molecule has 0 aromatic rings. The Balaban J connectivity index is 2.12. The number of nitrogens with zero attached hydrogens (tertiary/aromatic N) is 2. The number of hydrogen-bond acceptors (Lipinski definition) is 6. The molecule has 1 spiro atoms. The van der Waals surface area contributed by atoms with Gasteiger partial charge in [-0.1, -0.05) is 26.3 Å². The SMILES string of the molecule is C=CCN(C(=O)[C@@H]1N([C@@H](CO)[C@@H](C)CC)C(=O)[C@H]2[C@H](C(=O)OCC)[C@@H]3CC[C@]12O3)C(C)C. The number of aliphatic hydroxyl groups excluding tert-OH is 1. The maximum absolute atomic E-state index is 14.0. The van der Waals surface area contributed by atoms with Gasteiger partial charge in [0, 0.05) is 12.6 Å². The van der Waals surface area contributed by atoms with Crippen molar-refractivity contribution < 1.29 is 29.0 Å². The van der Waals surface area contributed by atoms with Gasteiger partial charge < -0.3 is 24.4 Å². The van der Waals surface area contributed by atoms with E-state index in [1.54, 1.807) is 22.8 Å². The standard InChI is InChI=1S/C24H38N2O6/c1-7-12-25(14(4)5)22(29)20-24-11-10-17(32-24)18(23(30)31-9-3)19(24)21(28)26(20)16(13-27)15(6)8-2/h7,14-20,27H,1,8-13H2,2-6H3/t15-,16-,17-,18+,19+,20-,24+/m0/s1. The van der Waals surface area contributed by atoms with Crippen LogP contribution in [0.5, 0.6) is 0 Å². The Bertz CT molecular complexity index is 755. The van der Waals surface area contributed by atoms with Crippen molar-refractivity contribution in [3.8, 4) is 0 Å². The molecule has 3 aliphatic rings. The van der Waals surface area contributed by atoms with E-state index in [1.165, 1.54) is 0 Å². The van der Waals surface area contributed by atoms with Crippen molar-refractivity contribution in [3.05, 3.63) is 12.7 Å². The molecule has 0 aliphatic carbocycles. The van der Waals surface area contributed by atoms with Crippen LogP contribution in [-0.2, 0) is 23.9 Å². The molecule has 0 aromatic heterocycles. The minimum absolute atomic E-state index is 0.0281. The average molecular weight is 451 g/mol. The topological polar surface area (TPSA) is 96.4 Å². The second-order valence-corrected chi connectivity index (χ2v) is 9.56. The molecule has 0 aromatic carbocycles. The highest BCUT2D eigenvalue weighted by atomic mass is 16.6. The predicted molar refractivity (Wildman–Crippen MR) is 118 cm³/mol. The average Bonchev–Trinajstić information content (AvgIpc) is 3.40. The second kappa shape index (κ2) is 9.51. The summed E-state index contributed by atoms with van der Waals surface area (Å²) in [4.78, 5) is 44.0. The molecule has 0 saturated carbocycles. The molecule has 0 unspecified atom stereocenters. The Hall–Kier alpha value is -1.93. The first kappa shape index (κ1) is 24.7. The minimum atomic E-state index is -1.08. The van der Waals surface area contributed by atoms with E-state index in [0.717, 1.165) is 6.42 Å². The highest BCUT2D eigenvalue weighted by molar-refractivity contribution is 5.98. The molecule has 1 N–H and O–H groups in total. The van der Waals surface area contributed by atoms with Gasteiger partial charge in [0.1, 0.15) is 11.6 Å². The summed E-state index contributed by atoms with van der Waals surface area (Å²) >= 11 is 0. The summed E-state index contributed by atoms with van der Waals surface area (Å²) in [5.41, 5.74) is -1.08. The molecule has 3 fully saturated rings. The summed E-state index contributed by atoms with van der Waals surface area (Å²) < 4.78 is 11.7. The second-order valence-electron chi connectivity index (χ2n) is 9.56. The van der Waals surface area contributed by atoms with Crippen molar-refractivity contribution in [3.63, 3.8) is 0 Å². The minimum Gasteiger partial charge on any atom is -0.466 e. The van der Waals surface area contributed by atoms with Crippen LogP contribution in [0.3, 0.4) is 0 Å². The zero-order valence-electron chi connectivity index (χ0n) is 20.0. The summed E-state index contributed by atoms with van der Waals surface area (Å²) in [6.45, 7) is 13.6. The van der Waals surface area contributed by atoms with Crippen molar-refractivity contribution in [1.82, 2.24) is 9.80 Å². The Morgan fingerprint density at radius 3 is 2.59 bits per heavy atom. The molecular formula is C24H38N2O6. The number of amides is 2. The number of esters is 1. The highest BCUT2D eigenvalue weighted by Crippen LogP contribution is 2.59. The molecule has 3 aliphatic heterocycles. The Kier molecular flexibility index (Phi) is 7.34. The van der Waals surface area contributed by atoms with Crippen LogP contribution in [-0.4, -0.2) is 82.3 Å². The molecule has 3 rings (SSSR count). The lowest BCUT2D eigenvalue weighted by Crippen LogP contribution is -2.60. The number of carbonyl (C=O) groups is 3. The first-order chi connectivity index (χ1) is 15.2. The van der Waals surface area contributed by atoms with Gasteiger partial charge in [-0.25, -0.2) is 0 Å². The monoisotopic (exact) mass is 450 g/mol. The van der Waals surface area contributed by atoms with E-state index < -0.39 is 41.6 Å². The summed E-state index contributed by atoms with van der Waals surface area (Å²) in [5, 5.41) is 10.3. The summed E-state index contributed by atoms with van der Waals surface area (Å²) in [7, 11) is 0. The van der Waals surface area contributed by atoms with E-state index in [-0.39, 0.29) is 37.0 Å². The summed E-state index contributed by atoms with van der Waals surface area (Å²) in [5.74, 6) is -2.47. The lowest BCUT2D eigenvalue weighted by molar-refractivity contribution is -0.157. The van der Waals surface area contributed by atoms with Crippen molar-refractivity contribution in [2.24, 2.45) is 17.8 Å². The Labute approximate surface area is 190 Å². The molecule has 3 heterocycles. The molecule has 180 valence electrons. The fraction of sp³-hybridized carbons (Fsp3) is 0.792. The van der Waals surface area contributed by atoms with Crippen LogP contribution in [0.25, 0.3) is 0 Å². The molecule has 7 atom stereocenters. The van der Waals surface area contributed by atoms with Gasteiger partial charge in [0.25, 0.3) is 0 Å². The molecule has 8 heteroatoms. The van der Waals surface area contributed by atoms with Crippen molar-refractivity contribution >= 4 is 17.8 Å². The van der Waals surface area contributed by atoms with Crippen molar-refractivity contribution in [2.75, 3.05) is 19.8 Å². The van der Waals surface area contributed by atoms with Gasteiger partial charge in [0.05, 0.1) is 37.2 Å². The largest absolute Gasteiger partial charge is 0.466 e. The Morgan fingerprint density at radius 1 is 1.38 bits per heavy atom. The van der Waals surface area contributed by atoms with Crippen LogP contribution in [0.4, 0.5) is 0 Å². The zero-order valence-corrected chi connectivity index (χ0v) is 20.0. The van der Waals surface area contributed by atoms with Crippen LogP contribution >= 0.6 is 0 Å². The number of likely N-dealkylation sites (tertiary alicyclic amines) is 1. The van der Waals surface area contributed by atoms with Crippen LogP contribution in [0.1, 0.15) is 53.9 Å². The van der Waals surface area contributed by atoms with E-state index in [1.807, 2.05) is 27.7 Å². The van der Waals surface area contributed by atoms with Gasteiger partial charge in [0.2, 0.25) is 11.8 Å². The molecule has 2 bridgehead atoms. The Morgan fingerprint density at radius 2 is 2.06 bits per heavy atom. The lowest BCUT2D eigenvalue weighted by Gasteiger charge is -2.41. The number of hydrogen-bond donors (Lipinski definition) is 1. The normalized spacial score (nSPS) is 32.7. The van der Waals surface area contributed by atoms with Crippen LogP contribution < -0.4 is 0 Å². The quantitative estimate of drug-likeness (QED) is 0.402. The van der Waals surface area contributed by atoms with Gasteiger partial charge in [-0.05, 0) is 39.5 Å². The van der Waals surface area contributed by atoms with Gasteiger partial charge >= 0.3 is 5.97 Å². The molecule has 32 heavy (non-hydrogen) atoms. The third-order valence-electron chi connectivity index (χ3n) is 7.61. The van der Waals surface area contributed by atoms with Crippen LogP contribution in [0.15, 0.2) is 12.7 Å². The predicted octanol–water partition coefficient (Wildman–Crippen LogP) is 1.75. The van der Waals surface area contributed by atoms with Gasteiger partial charge in [-0.3, -0.25) is 14.4 Å². The van der Waals surface area contributed by atoms with Crippen molar-refractivity contribution in [1.29, 1.82) is 0 Å². The molecule has 0 radical (unpaired) electrons. The van der Waals surface area contributed by atoms with E-state index in [0.29, 0.717) is 19.4 Å². The van der Waals surface area contributed by atoms with Gasteiger partial charge in [-0.15, -0.1) is 6.58 Å². The van der Waals surface area contributed by atoms with Gasteiger partial charge in [-0.2, -0.15) is 0 Å². The smallest absolute Gasteiger partial charge is 0.312 e. The van der Waals surface area contributed by atoms with E-state index in [9.17, 15) is 19.5 Å². The third-order valence-corrected chi connectivity index (χ3v) is 7.61. The fourth-order valence-corrected chi connectivity index (χ4v) is 5.90. The number of carbonyl (C=O) groups excluding carboxylic acids is 3. The maximum Gasteiger partial charge on any atom is 0.312 e. The van der Waals surface area contributed by atoms with Crippen molar-refractivity contribution in [2.45, 2.75) is 83.7 Å². The number of aliphatic hydroxyl groups is 1. The molecular weight excluding hydrogens is 412 g/mol.